The Morgan fingerprint density at radius 1 is 1.00 bits per heavy atom. The molecule has 2 aromatic carbocycles. The van der Waals surface area contributed by atoms with E-state index >= 15 is 0 Å². The van der Waals surface area contributed by atoms with Crippen LogP contribution in [0.1, 0.15) is 58.4 Å². The van der Waals surface area contributed by atoms with E-state index in [2.05, 4.69) is 5.32 Å². The van der Waals surface area contributed by atoms with Crippen LogP contribution in [0.15, 0.2) is 48.5 Å². The number of carbonyl (C=O) groups is 2. The highest BCUT2D eigenvalue weighted by atomic mass is 16.5. The second-order valence-electron chi connectivity index (χ2n) is 9.27. The normalized spacial score (nSPS) is 19.7. The van der Waals surface area contributed by atoms with Crippen LogP contribution in [0.2, 0.25) is 0 Å². The average Bonchev–Trinajstić information content (AvgIpc) is 2.84. The third-order valence-electron chi connectivity index (χ3n) is 6.82. The minimum Gasteiger partial charge on any atom is -0.492 e. The first-order valence-corrected chi connectivity index (χ1v) is 12.0. The van der Waals surface area contributed by atoms with E-state index in [1.807, 2.05) is 54.3 Å². The fourth-order valence-electron chi connectivity index (χ4n) is 4.76. The third-order valence-corrected chi connectivity index (χ3v) is 6.82. The van der Waals surface area contributed by atoms with Crippen LogP contribution >= 0.6 is 0 Å². The molecule has 176 valence electrons. The van der Waals surface area contributed by atoms with E-state index < -0.39 is 0 Å². The number of carbonyl (C=O) groups excluding carboxylic acids is 2. The van der Waals surface area contributed by atoms with E-state index in [0.29, 0.717) is 37.7 Å². The molecule has 1 N–H and O–H groups in total. The van der Waals surface area contributed by atoms with Gasteiger partial charge in [0.2, 0.25) is 0 Å². The van der Waals surface area contributed by atoms with Gasteiger partial charge in [-0.15, -0.1) is 0 Å². The van der Waals surface area contributed by atoms with E-state index in [9.17, 15) is 9.59 Å². The number of aryl methyl sites for hydroxylation is 1. The molecule has 0 aliphatic carbocycles. The van der Waals surface area contributed by atoms with E-state index in [0.717, 1.165) is 56.3 Å². The number of hydrogen-bond acceptors (Lipinski definition) is 4. The van der Waals surface area contributed by atoms with Crippen LogP contribution in [0.3, 0.4) is 0 Å². The maximum absolute atomic E-state index is 13.0. The number of likely N-dealkylation sites (tertiary alicyclic amines) is 1. The van der Waals surface area contributed by atoms with E-state index in [1.54, 1.807) is 6.07 Å². The maximum Gasteiger partial charge on any atom is 0.255 e. The molecule has 2 aromatic rings. The Morgan fingerprint density at radius 2 is 1.82 bits per heavy atom. The van der Waals surface area contributed by atoms with E-state index in [4.69, 9.17) is 9.47 Å². The molecular formula is C27H34N2O4. The van der Waals surface area contributed by atoms with Gasteiger partial charge in [-0.05, 0) is 56.9 Å². The van der Waals surface area contributed by atoms with Gasteiger partial charge in [-0.25, -0.2) is 0 Å². The number of rotatable bonds is 1. The second kappa shape index (κ2) is 10.8. The Balaban J connectivity index is 1.47. The number of benzene rings is 2. The monoisotopic (exact) mass is 450 g/mol. The number of nitrogens with one attached hydrogen (secondary N) is 1. The molecule has 0 saturated carbocycles. The standard InChI is InChI=1S/C27H34N2O4/c1-21-7-6-8-22(19-21)26(31)29-15-12-27(13-16-29)11-4-5-17-32-18-14-28-25(30)23-9-2-3-10-24(23)33-20-27/h2-3,6-10,19H,4-5,11-18,20H2,1H3,(H,28,30). The zero-order valence-corrected chi connectivity index (χ0v) is 19.5. The predicted molar refractivity (Wildman–Crippen MR) is 128 cm³/mol. The summed E-state index contributed by atoms with van der Waals surface area (Å²) in [6, 6.07) is 15.2. The molecule has 6 heteroatoms. The Bertz CT molecular complexity index is 966. The van der Waals surface area contributed by atoms with E-state index in [1.165, 1.54) is 0 Å². The third kappa shape index (κ3) is 5.93. The van der Waals surface area contributed by atoms with Crippen LogP contribution < -0.4 is 10.1 Å². The highest BCUT2D eigenvalue weighted by molar-refractivity contribution is 5.97. The minimum atomic E-state index is -0.140. The van der Waals surface area contributed by atoms with Gasteiger partial charge in [0, 0.05) is 37.2 Å². The molecule has 0 bridgehead atoms. The van der Waals surface area contributed by atoms with Gasteiger partial charge >= 0.3 is 0 Å². The molecule has 0 atom stereocenters. The van der Waals surface area contributed by atoms with E-state index in [-0.39, 0.29) is 17.2 Å². The van der Waals surface area contributed by atoms with Crippen LogP contribution in [0.5, 0.6) is 5.75 Å². The van der Waals surface area contributed by atoms with Gasteiger partial charge in [0.15, 0.2) is 0 Å². The quantitative estimate of drug-likeness (QED) is 0.706. The largest absolute Gasteiger partial charge is 0.492 e. The lowest BCUT2D eigenvalue weighted by molar-refractivity contribution is 0.0341. The summed E-state index contributed by atoms with van der Waals surface area (Å²) in [5, 5.41) is 2.91. The molecular weight excluding hydrogens is 416 g/mol. The van der Waals surface area contributed by atoms with Gasteiger partial charge in [0.25, 0.3) is 11.8 Å². The Hall–Kier alpha value is -2.86. The summed E-state index contributed by atoms with van der Waals surface area (Å²) in [4.78, 5) is 27.6. The molecule has 6 nitrogen and oxygen atoms in total. The molecule has 0 aromatic heterocycles. The average molecular weight is 451 g/mol. The lowest BCUT2D eigenvalue weighted by Crippen LogP contribution is -2.45. The lowest BCUT2D eigenvalue weighted by Gasteiger charge is -2.42. The van der Waals surface area contributed by atoms with Crippen molar-refractivity contribution < 1.29 is 19.1 Å². The van der Waals surface area contributed by atoms with Crippen molar-refractivity contribution in [2.24, 2.45) is 5.41 Å². The van der Waals surface area contributed by atoms with Crippen LogP contribution in [0.4, 0.5) is 0 Å². The highest BCUT2D eigenvalue weighted by Crippen LogP contribution is 2.38. The summed E-state index contributed by atoms with van der Waals surface area (Å²) < 4.78 is 12.0. The summed E-state index contributed by atoms with van der Waals surface area (Å²) in [6.07, 6.45) is 4.85. The predicted octanol–water partition coefficient (Wildman–Crippen LogP) is 4.23. The number of ether oxygens (including phenoxy) is 2. The topological polar surface area (TPSA) is 67.9 Å². The van der Waals surface area contributed by atoms with Gasteiger partial charge < -0.3 is 19.7 Å². The molecule has 1 saturated heterocycles. The lowest BCUT2D eigenvalue weighted by atomic mass is 9.75. The van der Waals surface area contributed by atoms with Crippen molar-refractivity contribution >= 4 is 11.8 Å². The summed E-state index contributed by atoms with van der Waals surface area (Å²) >= 11 is 0. The van der Waals surface area contributed by atoms with Crippen molar-refractivity contribution in [2.45, 2.75) is 39.0 Å². The Kier molecular flexibility index (Phi) is 7.65. The van der Waals surface area contributed by atoms with Gasteiger partial charge in [0.05, 0.1) is 18.8 Å². The minimum absolute atomic E-state index is 0.0168. The van der Waals surface area contributed by atoms with Crippen LogP contribution in [-0.2, 0) is 4.74 Å². The number of para-hydroxylation sites is 1. The molecule has 0 unspecified atom stereocenters. The summed E-state index contributed by atoms with van der Waals surface area (Å²) in [5.41, 5.74) is 2.39. The van der Waals surface area contributed by atoms with Gasteiger partial charge in [-0.2, -0.15) is 0 Å². The fourth-order valence-corrected chi connectivity index (χ4v) is 4.76. The van der Waals surface area contributed by atoms with Crippen LogP contribution in [0, 0.1) is 12.3 Å². The van der Waals surface area contributed by atoms with Crippen molar-refractivity contribution in [3.8, 4) is 5.75 Å². The number of piperidine rings is 1. The summed E-state index contributed by atoms with van der Waals surface area (Å²) in [7, 11) is 0. The van der Waals surface area contributed by atoms with Gasteiger partial charge in [0.1, 0.15) is 5.75 Å². The van der Waals surface area contributed by atoms with Crippen molar-refractivity contribution in [3.05, 3.63) is 65.2 Å². The number of hydrogen-bond donors (Lipinski definition) is 1. The summed E-state index contributed by atoms with van der Waals surface area (Å²) in [5.74, 6) is 0.579. The SMILES string of the molecule is Cc1cccc(C(=O)N2CCC3(CCCCOCCNC(=O)c4ccccc4OC3)CC2)c1. The maximum atomic E-state index is 13.0. The smallest absolute Gasteiger partial charge is 0.255 e. The molecule has 4 rings (SSSR count). The molecule has 2 amide bonds. The molecule has 1 spiro atoms. The molecule has 2 heterocycles. The number of fused-ring (bicyclic) bond motifs is 1. The fraction of sp³-hybridized carbons (Fsp3) is 0.481. The second-order valence-corrected chi connectivity index (χ2v) is 9.27. The molecule has 0 radical (unpaired) electrons. The van der Waals surface area contributed by atoms with Crippen LogP contribution in [-0.4, -0.2) is 56.2 Å². The zero-order valence-electron chi connectivity index (χ0n) is 19.5. The van der Waals surface area contributed by atoms with Crippen molar-refractivity contribution in [1.82, 2.24) is 10.2 Å². The zero-order chi connectivity index (χ0) is 23.1. The number of amides is 2. The first-order chi connectivity index (χ1) is 16.1. The number of nitrogens with zero attached hydrogens (tertiary/aromatic N) is 1. The van der Waals surface area contributed by atoms with Crippen molar-refractivity contribution in [2.75, 3.05) is 39.5 Å². The van der Waals surface area contributed by atoms with Crippen molar-refractivity contribution in [3.63, 3.8) is 0 Å². The van der Waals surface area contributed by atoms with Gasteiger partial charge in [-0.3, -0.25) is 9.59 Å². The van der Waals surface area contributed by atoms with Crippen molar-refractivity contribution in [1.29, 1.82) is 0 Å². The molecule has 2 aliphatic heterocycles. The molecule has 1 fully saturated rings. The molecule has 2 aliphatic rings. The van der Waals surface area contributed by atoms with Crippen LogP contribution in [0.25, 0.3) is 0 Å². The first-order valence-electron chi connectivity index (χ1n) is 12.0. The Morgan fingerprint density at radius 3 is 2.64 bits per heavy atom. The Labute approximate surface area is 196 Å². The highest BCUT2D eigenvalue weighted by Gasteiger charge is 2.37. The summed E-state index contributed by atoms with van der Waals surface area (Å²) in [6.45, 7) is 5.68. The van der Waals surface area contributed by atoms with Gasteiger partial charge in [-0.1, -0.05) is 36.2 Å². The molecule has 33 heavy (non-hydrogen) atoms. The first kappa shape index (κ1) is 23.3.